The van der Waals surface area contributed by atoms with Gasteiger partial charge in [0.15, 0.2) is 0 Å². The molecule has 0 saturated heterocycles. The number of furan rings is 1. The number of pyridine rings is 1. The third-order valence-electron chi connectivity index (χ3n) is 1.36. The summed E-state index contributed by atoms with van der Waals surface area (Å²) >= 11 is 0. The summed E-state index contributed by atoms with van der Waals surface area (Å²) in [5.41, 5.74) is 6.20. The highest BCUT2D eigenvalue weighted by Crippen LogP contribution is 2.14. The van der Waals surface area contributed by atoms with Gasteiger partial charge in [-0.2, -0.15) is 0 Å². The maximum absolute atomic E-state index is 5.41. The smallest absolute Gasteiger partial charge is 0.139 e. The van der Waals surface area contributed by atoms with Gasteiger partial charge >= 0.3 is 0 Å². The molecule has 0 radical (unpaired) electrons. The van der Waals surface area contributed by atoms with E-state index in [0.717, 1.165) is 11.0 Å². The zero-order valence-corrected chi connectivity index (χ0v) is 5.24. The zero-order valence-electron chi connectivity index (χ0n) is 5.24. The van der Waals surface area contributed by atoms with Crippen molar-refractivity contribution in [3.05, 3.63) is 24.6 Å². The minimum Gasteiger partial charge on any atom is -0.464 e. The lowest BCUT2D eigenvalue weighted by Gasteiger charge is -1.88. The number of nitrogens with two attached hydrogens (primary N) is 1. The monoisotopic (exact) mass is 134 g/mol. The predicted molar refractivity (Wildman–Crippen MR) is 38.4 cm³/mol. The molecule has 0 amide bonds. The van der Waals surface area contributed by atoms with Crippen LogP contribution in [-0.2, 0) is 0 Å². The lowest BCUT2D eigenvalue weighted by atomic mass is 10.3. The van der Waals surface area contributed by atoms with Crippen LogP contribution in [0.2, 0.25) is 0 Å². The zero-order chi connectivity index (χ0) is 6.97. The van der Waals surface area contributed by atoms with Crippen molar-refractivity contribution in [3.63, 3.8) is 0 Å². The highest BCUT2D eigenvalue weighted by Gasteiger charge is 1.95. The molecule has 2 rings (SSSR count). The molecule has 0 aliphatic heterocycles. The third kappa shape index (κ3) is 0.639. The largest absolute Gasteiger partial charge is 0.464 e. The average molecular weight is 134 g/mol. The topological polar surface area (TPSA) is 52.0 Å². The number of aromatic nitrogens is 1. The van der Waals surface area contributed by atoms with Crippen LogP contribution in [0.15, 0.2) is 29.0 Å². The number of fused-ring (bicyclic) bond motifs is 1. The highest BCUT2D eigenvalue weighted by molar-refractivity contribution is 5.77. The summed E-state index contributed by atoms with van der Waals surface area (Å²) in [6, 6.07) is 3.55. The second kappa shape index (κ2) is 1.73. The molecular formula is C7H6N2O. The summed E-state index contributed by atoms with van der Waals surface area (Å²) in [7, 11) is 0. The molecule has 2 aromatic heterocycles. The summed E-state index contributed by atoms with van der Waals surface area (Å²) in [6.07, 6.45) is 3.31. The summed E-state index contributed by atoms with van der Waals surface area (Å²) in [4.78, 5) is 3.90. The van der Waals surface area contributed by atoms with E-state index in [9.17, 15) is 0 Å². The molecule has 0 spiro atoms. The van der Waals surface area contributed by atoms with E-state index in [1.807, 2.05) is 6.07 Å². The molecule has 0 atom stereocenters. The molecule has 0 unspecified atom stereocenters. The Kier molecular flexibility index (Phi) is 0.917. The first-order chi connectivity index (χ1) is 4.86. The summed E-state index contributed by atoms with van der Waals surface area (Å²) in [6.45, 7) is 0. The van der Waals surface area contributed by atoms with Crippen LogP contribution in [0.3, 0.4) is 0 Å². The fourth-order valence-electron chi connectivity index (χ4n) is 0.870. The van der Waals surface area contributed by atoms with E-state index in [1.165, 1.54) is 0 Å². The Morgan fingerprint density at radius 1 is 1.50 bits per heavy atom. The van der Waals surface area contributed by atoms with Crippen molar-refractivity contribution < 1.29 is 4.42 Å². The quantitative estimate of drug-likeness (QED) is 0.592. The molecule has 0 aliphatic rings. The van der Waals surface area contributed by atoms with Crippen LogP contribution in [0.25, 0.3) is 11.0 Å². The molecule has 2 N–H and O–H groups in total. The first-order valence-corrected chi connectivity index (χ1v) is 2.95. The van der Waals surface area contributed by atoms with E-state index in [0.29, 0.717) is 5.82 Å². The van der Waals surface area contributed by atoms with Crippen LogP contribution >= 0.6 is 0 Å². The normalized spacial score (nSPS) is 10.4. The van der Waals surface area contributed by atoms with Crippen LogP contribution in [0.1, 0.15) is 0 Å². The molecule has 0 saturated carbocycles. The van der Waals surface area contributed by atoms with Gasteiger partial charge in [-0.05, 0) is 6.07 Å². The first kappa shape index (κ1) is 5.29. The van der Waals surface area contributed by atoms with E-state index in [1.54, 1.807) is 18.5 Å². The number of hydrogen-bond acceptors (Lipinski definition) is 3. The Morgan fingerprint density at radius 3 is 3.30 bits per heavy atom. The molecule has 0 fully saturated rings. The lowest BCUT2D eigenvalue weighted by molar-refractivity contribution is 0.616. The van der Waals surface area contributed by atoms with E-state index in [2.05, 4.69) is 4.98 Å². The minimum atomic E-state index is 0.488. The minimum absolute atomic E-state index is 0.488. The van der Waals surface area contributed by atoms with Crippen molar-refractivity contribution in [1.29, 1.82) is 0 Å². The highest BCUT2D eigenvalue weighted by atomic mass is 16.3. The Balaban J connectivity index is 2.86. The van der Waals surface area contributed by atoms with Crippen molar-refractivity contribution in [2.45, 2.75) is 0 Å². The fraction of sp³-hybridized carbons (Fsp3) is 0. The fourth-order valence-corrected chi connectivity index (χ4v) is 0.870. The second-order valence-electron chi connectivity index (χ2n) is 2.07. The molecule has 0 aliphatic carbocycles. The van der Waals surface area contributed by atoms with Gasteiger partial charge in [0, 0.05) is 17.6 Å². The van der Waals surface area contributed by atoms with Gasteiger partial charge in [-0.25, -0.2) is 4.98 Å². The van der Waals surface area contributed by atoms with Crippen LogP contribution < -0.4 is 5.73 Å². The maximum Gasteiger partial charge on any atom is 0.139 e. The first-order valence-electron chi connectivity index (χ1n) is 2.95. The standard InChI is InChI=1S/C7H6N2O/c8-7-3-6-5(4-9-7)1-2-10-6/h1-4H,(H2,8,9). The number of nitrogens with zero attached hydrogens (tertiary/aromatic N) is 1. The van der Waals surface area contributed by atoms with Gasteiger partial charge in [-0.15, -0.1) is 0 Å². The number of anilines is 1. The van der Waals surface area contributed by atoms with Gasteiger partial charge in [0.25, 0.3) is 0 Å². The third-order valence-corrected chi connectivity index (χ3v) is 1.36. The van der Waals surface area contributed by atoms with Crippen molar-refractivity contribution in [3.8, 4) is 0 Å². The van der Waals surface area contributed by atoms with Crippen molar-refractivity contribution >= 4 is 16.8 Å². The molecule has 2 aromatic rings. The van der Waals surface area contributed by atoms with Gasteiger partial charge in [-0.1, -0.05) is 0 Å². The molecule has 0 bridgehead atoms. The van der Waals surface area contributed by atoms with Crippen LogP contribution in [-0.4, -0.2) is 4.98 Å². The molecule has 3 nitrogen and oxygen atoms in total. The Labute approximate surface area is 57.5 Å². The van der Waals surface area contributed by atoms with Crippen LogP contribution in [0.5, 0.6) is 0 Å². The average Bonchev–Trinajstić information content (AvgIpc) is 2.33. The number of nitrogen functional groups attached to an aromatic ring is 1. The van der Waals surface area contributed by atoms with Crippen molar-refractivity contribution in [1.82, 2.24) is 4.98 Å². The molecule has 0 aromatic carbocycles. The van der Waals surface area contributed by atoms with Crippen LogP contribution in [0, 0.1) is 0 Å². The van der Waals surface area contributed by atoms with Gasteiger partial charge in [0.2, 0.25) is 0 Å². The van der Waals surface area contributed by atoms with Gasteiger partial charge in [0.1, 0.15) is 11.4 Å². The van der Waals surface area contributed by atoms with E-state index < -0.39 is 0 Å². The van der Waals surface area contributed by atoms with Gasteiger partial charge in [-0.3, -0.25) is 0 Å². The number of hydrogen-bond donors (Lipinski definition) is 1. The van der Waals surface area contributed by atoms with Crippen LogP contribution in [0.4, 0.5) is 5.82 Å². The summed E-state index contributed by atoms with van der Waals surface area (Å²) < 4.78 is 5.08. The predicted octanol–water partition coefficient (Wildman–Crippen LogP) is 1.41. The maximum atomic E-state index is 5.41. The summed E-state index contributed by atoms with van der Waals surface area (Å²) in [5.74, 6) is 0.488. The van der Waals surface area contributed by atoms with Crippen molar-refractivity contribution in [2.75, 3.05) is 5.73 Å². The van der Waals surface area contributed by atoms with Gasteiger partial charge < -0.3 is 10.2 Å². The SMILES string of the molecule is Nc1cc2occc2cn1. The van der Waals surface area contributed by atoms with Crippen molar-refractivity contribution in [2.24, 2.45) is 0 Å². The molecular weight excluding hydrogens is 128 g/mol. The molecule has 50 valence electrons. The van der Waals surface area contributed by atoms with E-state index >= 15 is 0 Å². The summed E-state index contributed by atoms with van der Waals surface area (Å²) in [5, 5.41) is 0.981. The lowest BCUT2D eigenvalue weighted by Crippen LogP contribution is -1.86. The Morgan fingerprint density at radius 2 is 2.40 bits per heavy atom. The Bertz CT molecular complexity index is 353. The Hall–Kier alpha value is -1.51. The number of rotatable bonds is 0. The molecule has 2 heterocycles. The molecule has 3 heteroatoms. The molecule has 10 heavy (non-hydrogen) atoms. The van der Waals surface area contributed by atoms with E-state index in [-0.39, 0.29) is 0 Å². The van der Waals surface area contributed by atoms with Gasteiger partial charge in [0.05, 0.1) is 6.26 Å². The second-order valence-corrected chi connectivity index (χ2v) is 2.07. The van der Waals surface area contributed by atoms with E-state index in [4.69, 9.17) is 10.2 Å².